The molecule has 0 amide bonds. The van der Waals surface area contributed by atoms with Gasteiger partial charge in [-0.25, -0.2) is 0 Å². The van der Waals surface area contributed by atoms with E-state index in [1.807, 2.05) is 6.07 Å². The monoisotopic (exact) mass is 221 g/mol. The predicted octanol–water partition coefficient (Wildman–Crippen LogP) is 2.67. The number of benzene rings is 1. The Hall–Kier alpha value is -0.860. The molecular formula is C14H23NO. The highest BCUT2D eigenvalue weighted by Gasteiger charge is 2.05. The molecule has 2 nitrogen and oxygen atoms in total. The minimum atomic E-state index is -0.136. The van der Waals surface area contributed by atoms with E-state index in [2.05, 4.69) is 43.1 Å². The summed E-state index contributed by atoms with van der Waals surface area (Å²) in [5, 5.41) is 9.64. The molecule has 0 heterocycles. The first-order valence-electron chi connectivity index (χ1n) is 6.13. The van der Waals surface area contributed by atoms with Gasteiger partial charge in [0, 0.05) is 13.1 Å². The van der Waals surface area contributed by atoms with Crippen LogP contribution < -0.4 is 0 Å². The topological polar surface area (TPSA) is 23.5 Å². The maximum Gasteiger partial charge on any atom is 0.0552 e. The lowest BCUT2D eigenvalue weighted by Crippen LogP contribution is -2.23. The van der Waals surface area contributed by atoms with E-state index >= 15 is 0 Å². The molecule has 2 heteroatoms. The van der Waals surface area contributed by atoms with Crippen molar-refractivity contribution in [1.29, 1.82) is 0 Å². The number of nitrogens with zero attached hydrogens (tertiary/aromatic N) is 1. The Morgan fingerprint density at radius 1 is 1.19 bits per heavy atom. The third-order valence-corrected chi connectivity index (χ3v) is 2.76. The van der Waals surface area contributed by atoms with Crippen molar-refractivity contribution in [2.45, 2.75) is 38.8 Å². The standard InChI is InChI=1S/C14H23NO/c1-3-7-14(16)10-11-15(2)12-13-8-5-4-6-9-13/h4-6,8-9,14,16H,3,7,10-12H2,1-2H3. The van der Waals surface area contributed by atoms with Crippen LogP contribution in [0.1, 0.15) is 31.7 Å². The number of hydrogen-bond donors (Lipinski definition) is 1. The van der Waals surface area contributed by atoms with Crippen molar-refractivity contribution in [3.63, 3.8) is 0 Å². The van der Waals surface area contributed by atoms with Gasteiger partial charge in [-0.1, -0.05) is 43.7 Å². The SMILES string of the molecule is CCCC(O)CCN(C)Cc1ccccc1. The van der Waals surface area contributed by atoms with Gasteiger partial charge in [-0.3, -0.25) is 0 Å². The average molecular weight is 221 g/mol. The van der Waals surface area contributed by atoms with E-state index in [9.17, 15) is 5.11 Å². The summed E-state index contributed by atoms with van der Waals surface area (Å²) in [6.07, 6.45) is 2.71. The number of aliphatic hydroxyl groups is 1. The van der Waals surface area contributed by atoms with Crippen LogP contribution in [0.15, 0.2) is 30.3 Å². The zero-order valence-electron chi connectivity index (χ0n) is 10.4. The molecule has 0 bridgehead atoms. The predicted molar refractivity (Wildman–Crippen MR) is 68.3 cm³/mol. The summed E-state index contributed by atoms with van der Waals surface area (Å²) >= 11 is 0. The number of hydrogen-bond acceptors (Lipinski definition) is 2. The normalized spacial score (nSPS) is 13.0. The van der Waals surface area contributed by atoms with Gasteiger partial charge in [0.25, 0.3) is 0 Å². The molecule has 1 aromatic rings. The summed E-state index contributed by atoms with van der Waals surface area (Å²) < 4.78 is 0. The lowest BCUT2D eigenvalue weighted by Gasteiger charge is -2.18. The molecule has 1 rings (SSSR count). The van der Waals surface area contributed by atoms with Crippen molar-refractivity contribution in [3.8, 4) is 0 Å². The molecule has 0 aliphatic carbocycles. The van der Waals surface area contributed by atoms with E-state index in [1.165, 1.54) is 5.56 Å². The van der Waals surface area contributed by atoms with Crippen LogP contribution >= 0.6 is 0 Å². The Labute approximate surface area is 98.9 Å². The van der Waals surface area contributed by atoms with E-state index in [1.54, 1.807) is 0 Å². The molecule has 16 heavy (non-hydrogen) atoms. The molecular weight excluding hydrogens is 198 g/mol. The van der Waals surface area contributed by atoms with E-state index in [4.69, 9.17) is 0 Å². The molecule has 1 unspecified atom stereocenters. The van der Waals surface area contributed by atoms with E-state index in [0.29, 0.717) is 0 Å². The molecule has 90 valence electrons. The van der Waals surface area contributed by atoms with Crippen molar-refractivity contribution >= 4 is 0 Å². The molecule has 0 radical (unpaired) electrons. The first kappa shape index (κ1) is 13.2. The number of rotatable bonds is 7. The second kappa shape index (κ2) is 7.42. The third-order valence-electron chi connectivity index (χ3n) is 2.76. The summed E-state index contributed by atoms with van der Waals surface area (Å²) in [5.41, 5.74) is 1.33. The van der Waals surface area contributed by atoms with Crippen molar-refractivity contribution in [1.82, 2.24) is 4.90 Å². The van der Waals surface area contributed by atoms with Crippen LogP contribution in [0.5, 0.6) is 0 Å². The molecule has 0 aliphatic rings. The summed E-state index contributed by atoms with van der Waals surface area (Å²) in [6, 6.07) is 10.4. The van der Waals surface area contributed by atoms with Gasteiger partial charge in [0.2, 0.25) is 0 Å². The van der Waals surface area contributed by atoms with Crippen LogP contribution in [-0.2, 0) is 6.54 Å². The number of aliphatic hydroxyl groups excluding tert-OH is 1. The highest BCUT2D eigenvalue weighted by Crippen LogP contribution is 2.06. The summed E-state index contributed by atoms with van der Waals surface area (Å²) in [6.45, 7) is 4.02. The molecule has 0 spiro atoms. The Morgan fingerprint density at radius 2 is 1.88 bits per heavy atom. The van der Waals surface area contributed by atoms with Crippen LogP contribution in [0.3, 0.4) is 0 Å². The fraction of sp³-hybridized carbons (Fsp3) is 0.571. The van der Waals surface area contributed by atoms with Gasteiger partial charge in [0.05, 0.1) is 6.10 Å². The van der Waals surface area contributed by atoms with Gasteiger partial charge in [-0.15, -0.1) is 0 Å². The van der Waals surface area contributed by atoms with Gasteiger partial charge in [-0.05, 0) is 25.5 Å². The highest BCUT2D eigenvalue weighted by molar-refractivity contribution is 5.14. The summed E-state index contributed by atoms with van der Waals surface area (Å²) in [7, 11) is 2.10. The Kier molecular flexibility index (Phi) is 6.12. The minimum Gasteiger partial charge on any atom is -0.393 e. The lowest BCUT2D eigenvalue weighted by molar-refractivity contribution is 0.136. The third kappa shape index (κ3) is 5.29. The van der Waals surface area contributed by atoms with Gasteiger partial charge in [-0.2, -0.15) is 0 Å². The molecule has 0 fully saturated rings. The van der Waals surface area contributed by atoms with Crippen molar-refractivity contribution in [3.05, 3.63) is 35.9 Å². The van der Waals surface area contributed by atoms with Crippen LogP contribution in [0, 0.1) is 0 Å². The van der Waals surface area contributed by atoms with E-state index in [-0.39, 0.29) is 6.10 Å². The molecule has 0 saturated carbocycles. The fourth-order valence-electron chi connectivity index (χ4n) is 1.82. The summed E-state index contributed by atoms with van der Waals surface area (Å²) in [4.78, 5) is 2.26. The van der Waals surface area contributed by atoms with Crippen LogP contribution in [0.25, 0.3) is 0 Å². The summed E-state index contributed by atoms with van der Waals surface area (Å²) in [5.74, 6) is 0. The zero-order chi connectivity index (χ0) is 11.8. The maximum atomic E-state index is 9.64. The first-order chi connectivity index (χ1) is 7.72. The molecule has 1 atom stereocenters. The molecule has 0 saturated heterocycles. The van der Waals surface area contributed by atoms with Crippen LogP contribution in [0.2, 0.25) is 0 Å². The van der Waals surface area contributed by atoms with Crippen molar-refractivity contribution in [2.24, 2.45) is 0 Å². The Balaban J connectivity index is 2.23. The average Bonchev–Trinajstić information content (AvgIpc) is 2.28. The fourth-order valence-corrected chi connectivity index (χ4v) is 1.82. The van der Waals surface area contributed by atoms with Crippen molar-refractivity contribution in [2.75, 3.05) is 13.6 Å². The van der Waals surface area contributed by atoms with Crippen LogP contribution in [0.4, 0.5) is 0 Å². The van der Waals surface area contributed by atoms with Crippen molar-refractivity contribution < 1.29 is 5.11 Å². The Bertz CT molecular complexity index is 273. The van der Waals surface area contributed by atoms with Crippen LogP contribution in [-0.4, -0.2) is 29.7 Å². The lowest BCUT2D eigenvalue weighted by atomic mass is 10.1. The minimum absolute atomic E-state index is 0.136. The smallest absolute Gasteiger partial charge is 0.0552 e. The largest absolute Gasteiger partial charge is 0.393 e. The molecule has 1 N–H and O–H groups in total. The van der Waals surface area contributed by atoms with Gasteiger partial charge >= 0.3 is 0 Å². The first-order valence-corrected chi connectivity index (χ1v) is 6.13. The van der Waals surface area contributed by atoms with E-state index in [0.717, 1.165) is 32.4 Å². The van der Waals surface area contributed by atoms with Gasteiger partial charge in [0.15, 0.2) is 0 Å². The Morgan fingerprint density at radius 3 is 2.50 bits per heavy atom. The van der Waals surface area contributed by atoms with Gasteiger partial charge in [0.1, 0.15) is 0 Å². The van der Waals surface area contributed by atoms with Gasteiger partial charge < -0.3 is 10.0 Å². The quantitative estimate of drug-likeness (QED) is 0.765. The molecule has 0 aromatic heterocycles. The van der Waals surface area contributed by atoms with E-state index < -0.39 is 0 Å². The zero-order valence-corrected chi connectivity index (χ0v) is 10.4. The second-order valence-electron chi connectivity index (χ2n) is 4.45. The molecule has 0 aliphatic heterocycles. The second-order valence-corrected chi connectivity index (χ2v) is 4.45. The highest BCUT2D eigenvalue weighted by atomic mass is 16.3. The molecule has 1 aromatic carbocycles. The maximum absolute atomic E-state index is 9.64.